The van der Waals surface area contributed by atoms with Gasteiger partial charge in [-0.2, -0.15) is 0 Å². The van der Waals surface area contributed by atoms with E-state index in [0.29, 0.717) is 34.5 Å². The van der Waals surface area contributed by atoms with Gasteiger partial charge in [0.2, 0.25) is 5.78 Å². The molecule has 0 saturated heterocycles. The van der Waals surface area contributed by atoms with Crippen LogP contribution in [0.5, 0.6) is 0 Å². The maximum absolute atomic E-state index is 12.9. The van der Waals surface area contributed by atoms with Crippen molar-refractivity contribution >= 4 is 28.3 Å². The first kappa shape index (κ1) is 15.8. The number of nitrogens with zero attached hydrogens (tertiary/aromatic N) is 4. The molecule has 4 rings (SSSR count). The number of hydrogen-bond donors (Lipinski definition) is 0. The van der Waals surface area contributed by atoms with Crippen LogP contribution in [-0.4, -0.2) is 19.2 Å². The topological polar surface area (TPSA) is 52.2 Å². The quantitative estimate of drug-likeness (QED) is 0.559. The van der Waals surface area contributed by atoms with Crippen molar-refractivity contribution in [3.63, 3.8) is 0 Å². The normalized spacial score (nSPS) is 11.7. The molecule has 2 heterocycles. The van der Waals surface area contributed by atoms with Gasteiger partial charge in [0.15, 0.2) is 5.82 Å². The number of aromatic nitrogens is 4. The number of fused-ring (bicyclic) bond motifs is 3. The molecule has 4 aromatic rings. The molecule has 0 saturated carbocycles. The van der Waals surface area contributed by atoms with E-state index in [1.54, 1.807) is 4.57 Å². The predicted molar refractivity (Wildman–Crippen MR) is 100 cm³/mol. The molecule has 0 bridgehead atoms. The summed E-state index contributed by atoms with van der Waals surface area (Å²) in [6.45, 7) is 4.74. The third-order valence-corrected chi connectivity index (χ3v) is 4.37. The average Bonchev–Trinajstić information content (AvgIpc) is 3.03. The summed E-state index contributed by atoms with van der Waals surface area (Å²) in [6, 6.07) is 15.0. The van der Waals surface area contributed by atoms with Crippen molar-refractivity contribution in [2.24, 2.45) is 5.92 Å². The second-order valence-corrected chi connectivity index (χ2v) is 6.93. The highest BCUT2D eigenvalue weighted by Crippen LogP contribution is 2.24. The van der Waals surface area contributed by atoms with E-state index in [-0.39, 0.29) is 5.56 Å². The molecule has 0 spiro atoms. The minimum atomic E-state index is -0.0400. The lowest BCUT2D eigenvalue weighted by Gasteiger charge is -2.13. The summed E-state index contributed by atoms with van der Waals surface area (Å²) < 4.78 is 3.64. The van der Waals surface area contributed by atoms with E-state index < -0.39 is 0 Å². The van der Waals surface area contributed by atoms with E-state index in [0.717, 1.165) is 11.1 Å². The fraction of sp³-hybridized carbons (Fsp3) is 0.211. The molecule has 0 N–H and O–H groups in total. The summed E-state index contributed by atoms with van der Waals surface area (Å²) in [6.07, 6.45) is 0. The lowest BCUT2D eigenvalue weighted by Crippen LogP contribution is -2.25. The molecule has 0 atom stereocenters. The monoisotopic (exact) mass is 352 g/mol. The molecule has 2 aromatic heterocycles. The smallest absolute Gasteiger partial charge is 0.262 e. The summed E-state index contributed by atoms with van der Waals surface area (Å²) in [5, 5.41) is 9.97. The average molecular weight is 353 g/mol. The fourth-order valence-corrected chi connectivity index (χ4v) is 3.29. The molecule has 0 aliphatic carbocycles. The second kappa shape index (κ2) is 6.01. The van der Waals surface area contributed by atoms with Gasteiger partial charge in [-0.3, -0.25) is 13.8 Å². The van der Waals surface area contributed by atoms with Crippen molar-refractivity contribution in [2.75, 3.05) is 0 Å². The molecule has 6 heteroatoms. The van der Waals surface area contributed by atoms with Gasteiger partial charge in [-0.25, -0.2) is 0 Å². The first-order chi connectivity index (χ1) is 12.1. The summed E-state index contributed by atoms with van der Waals surface area (Å²) in [5.41, 5.74) is 1.62. The van der Waals surface area contributed by atoms with Crippen LogP contribution in [0, 0.1) is 5.92 Å². The Balaban J connectivity index is 2.15. The Morgan fingerprint density at radius 2 is 1.88 bits per heavy atom. The highest BCUT2D eigenvalue weighted by molar-refractivity contribution is 6.30. The molecule has 5 nitrogen and oxygen atoms in total. The summed E-state index contributed by atoms with van der Waals surface area (Å²) in [5.74, 6) is 1.53. The molecule has 2 aromatic carbocycles. The van der Waals surface area contributed by atoms with Gasteiger partial charge in [0, 0.05) is 17.1 Å². The number of rotatable bonds is 3. The van der Waals surface area contributed by atoms with Crippen LogP contribution in [0.25, 0.3) is 28.1 Å². The van der Waals surface area contributed by atoms with Crippen molar-refractivity contribution in [1.82, 2.24) is 19.2 Å². The Morgan fingerprint density at radius 1 is 1.08 bits per heavy atom. The summed E-state index contributed by atoms with van der Waals surface area (Å²) in [7, 11) is 0. The Labute approximate surface area is 149 Å². The SMILES string of the molecule is CC(C)Cn1c(=O)c2ccccc2n2c(-c3cccc(Cl)c3)nnc12. The van der Waals surface area contributed by atoms with Crippen molar-refractivity contribution < 1.29 is 0 Å². The molecular formula is C19H17ClN4O. The van der Waals surface area contributed by atoms with Crippen molar-refractivity contribution in [2.45, 2.75) is 20.4 Å². The number of hydrogen-bond acceptors (Lipinski definition) is 3. The van der Waals surface area contributed by atoms with E-state index in [1.165, 1.54) is 0 Å². The van der Waals surface area contributed by atoms with Crippen LogP contribution in [0.1, 0.15) is 13.8 Å². The van der Waals surface area contributed by atoms with Crippen LogP contribution in [0.2, 0.25) is 5.02 Å². The van der Waals surface area contributed by atoms with Crippen molar-refractivity contribution in [3.8, 4) is 11.4 Å². The zero-order valence-corrected chi connectivity index (χ0v) is 14.7. The van der Waals surface area contributed by atoms with Gasteiger partial charge in [-0.05, 0) is 30.2 Å². The van der Waals surface area contributed by atoms with E-state index in [1.807, 2.05) is 52.9 Å². The van der Waals surface area contributed by atoms with Crippen LogP contribution in [0.15, 0.2) is 53.3 Å². The number of benzene rings is 2. The van der Waals surface area contributed by atoms with Crippen LogP contribution >= 0.6 is 11.6 Å². The Hall–Kier alpha value is -2.66. The number of para-hydroxylation sites is 1. The predicted octanol–water partition coefficient (Wildman–Crippen LogP) is 4.02. The Bertz CT molecular complexity index is 1140. The summed E-state index contributed by atoms with van der Waals surface area (Å²) in [4.78, 5) is 12.9. The first-order valence-corrected chi connectivity index (χ1v) is 8.56. The van der Waals surface area contributed by atoms with E-state index >= 15 is 0 Å². The highest BCUT2D eigenvalue weighted by atomic mass is 35.5. The van der Waals surface area contributed by atoms with Gasteiger partial charge in [0.05, 0.1) is 10.9 Å². The molecule has 0 fully saturated rings. The van der Waals surface area contributed by atoms with Gasteiger partial charge in [-0.15, -0.1) is 10.2 Å². The van der Waals surface area contributed by atoms with E-state index in [9.17, 15) is 4.79 Å². The second-order valence-electron chi connectivity index (χ2n) is 6.50. The largest absolute Gasteiger partial charge is 0.276 e. The van der Waals surface area contributed by atoms with Crippen LogP contribution in [0.3, 0.4) is 0 Å². The zero-order valence-electron chi connectivity index (χ0n) is 14.0. The molecule has 0 aliphatic rings. The minimum absolute atomic E-state index is 0.0400. The zero-order chi connectivity index (χ0) is 17.6. The lowest BCUT2D eigenvalue weighted by molar-refractivity contribution is 0.518. The van der Waals surface area contributed by atoms with Gasteiger partial charge >= 0.3 is 0 Å². The third kappa shape index (κ3) is 2.61. The number of halogens is 1. The fourth-order valence-electron chi connectivity index (χ4n) is 3.10. The van der Waals surface area contributed by atoms with E-state index in [2.05, 4.69) is 24.0 Å². The molecular weight excluding hydrogens is 336 g/mol. The molecule has 25 heavy (non-hydrogen) atoms. The third-order valence-electron chi connectivity index (χ3n) is 4.14. The standard InChI is InChI=1S/C19H17ClN4O/c1-12(2)11-23-18(25)15-8-3-4-9-16(15)24-17(21-22-19(23)24)13-6-5-7-14(20)10-13/h3-10,12H,11H2,1-2H3. The molecule has 0 amide bonds. The van der Waals surface area contributed by atoms with Crippen molar-refractivity contribution in [3.05, 3.63) is 63.9 Å². The van der Waals surface area contributed by atoms with E-state index in [4.69, 9.17) is 11.6 Å². The first-order valence-electron chi connectivity index (χ1n) is 8.19. The highest BCUT2D eigenvalue weighted by Gasteiger charge is 2.18. The maximum atomic E-state index is 12.9. The van der Waals surface area contributed by atoms with Gasteiger partial charge < -0.3 is 0 Å². The molecule has 0 aliphatic heterocycles. The van der Waals surface area contributed by atoms with Crippen molar-refractivity contribution in [1.29, 1.82) is 0 Å². The van der Waals surface area contributed by atoms with Gasteiger partial charge in [0.25, 0.3) is 5.56 Å². The van der Waals surface area contributed by atoms with Gasteiger partial charge in [0.1, 0.15) is 0 Å². The molecule has 126 valence electrons. The van der Waals surface area contributed by atoms with Crippen LogP contribution in [0.4, 0.5) is 0 Å². The summed E-state index contributed by atoms with van der Waals surface area (Å²) >= 11 is 6.14. The Morgan fingerprint density at radius 3 is 2.64 bits per heavy atom. The maximum Gasteiger partial charge on any atom is 0.262 e. The molecule has 0 radical (unpaired) electrons. The lowest BCUT2D eigenvalue weighted by atomic mass is 10.2. The van der Waals surface area contributed by atoms with Gasteiger partial charge in [-0.1, -0.05) is 49.7 Å². The van der Waals surface area contributed by atoms with Crippen LogP contribution in [-0.2, 0) is 6.54 Å². The minimum Gasteiger partial charge on any atom is -0.276 e. The van der Waals surface area contributed by atoms with Crippen LogP contribution < -0.4 is 5.56 Å². The Kier molecular flexibility index (Phi) is 3.81. The molecule has 0 unspecified atom stereocenters.